The molecule has 2 N–H and O–H groups in total. The maximum absolute atomic E-state index is 6.03. The molecule has 0 aliphatic heterocycles. The van der Waals surface area contributed by atoms with Crippen LogP contribution in [-0.4, -0.2) is 19.1 Å². The molecule has 0 heterocycles. The molecule has 3 heteroatoms. The molecule has 108 valence electrons. The van der Waals surface area contributed by atoms with Crippen LogP contribution >= 0.6 is 15.9 Å². The summed E-state index contributed by atoms with van der Waals surface area (Å²) in [6.07, 6.45) is 1.94. The highest BCUT2D eigenvalue weighted by atomic mass is 79.9. The quantitative estimate of drug-likeness (QED) is 0.848. The highest BCUT2D eigenvalue weighted by molar-refractivity contribution is 9.10. The van der Waals surface area contributed by atoms with Crippen molar-refractivity contribution in [1.29, 1.82) is 0 Å². The zero-order valence-electron chi connectivity index (χ0n) is 12.8. The summed E-state index contributed by atoms with van der Waals surface area (Å²) in [6, 6.07) is 7.36. The van der Waals surface area contributed by atoms with Crippen LogP contribution in [0.5, 0.6) is 0 Å². The summed E-state index contributed by atoms with van der Waals surface area (Å²) >= 11 is 3.68. The largest absolute Gasteiger partial charge is 0.372 e. The second-order valence-electron chi connectivity index (χ2n) is 5.74. The van der Waals surface area contributed by atoms with Crippen LogP contribution in [-0.2, 0) is 6.42 Å². The predicted octanol–water partition coefficient (Wildman–Crippen LogP) is 4.21. The van der Waals surface area contributed by atoms with Crippen molar-refractivity contribution in [3.8, 4) is 0 Å². The van der Waals surface area contributed by atoms with Gasteiger partial charge in [0.15, 0.2) is 0 Å². The molecule has 0 saturated carbocycles. The van der Waals surface area contributed by atoms with E-state index in [1.54, 1.807) is 0 Å². The van der Waals surface area contributed by atoms with Gasteiger partial charge < -0.3 is 10.6 Å². The van der Waals surface area contributed by atoms with Gasteiger partial charge in [0.1, 0.15) is 0 Å². The molecule has 1 aromatic rings. The number of halogens is 1. The molecule has 0 bridgehead atoms. The Balaban J connectivity index is 2.87. The number of benzene rings is 1. The fourth-order valence-corrected chi connectivity index (χ4v) is 2.56. The number of anilines is 1. The van der Waals surface area contributed by atoms with E-state index < -0.39 is 0 Å². The van der Waals surface area contributed by atoms with Crippen LogP contribution in [0.3, 0.4) is 0 Å². The lowest BCUT2D eigenvalue weighted by Gasteiger charge is -2.30. The van der Waals surface area contributed by atoms with Crippen molar-refractivity contribution in [3.63, 3.8) is 0 Å². The minimum absolute atomic E-state index is 0.245. The highest BCUT2D eigenvalue weighted by Gasteiger charge is 2.15. The Morgan fingerprint density at radius 3 is 2.37 bits per heavy atom. The molecule has 2 unspecified atom stereocenters. The fourth-order valence-electron chi connectivity index (χ4n) is 2.03. The van der Waals surface area contributed by atoms with Crippen molar-refractivity contribution in [2.24, 2.45) is 11.7 Å². The topological polar surface area (TPSA) is 29.3 Å². The molecule has 2 nitrogen and oxygen atoms in total. The lowest BCUT2D eigenvalue weighted by Crippen LogP contribution is -2.33. The van der Waals surface area contributed by atoms with E-state index in [2.05, 4.69) is 73.8 Å². The molecule has 0 amide bonds. The lowest BCUT2D eigenvalue weighted by molar-refractivity contribution is 0.505. The summed E-state index contributed by atoms with van der Waals surface area (Å²) < 4.78 is 1.16. The minimum Gasteiger partial charge on any atom is -0.372 e. The second kappa shape index (κ2) is 7.30. The molecule has 0 saturated heterocycles. The van der Waals surface area contributed by atoms with Gasteiger partial charge in [-0.2, -0.15) is 0 Å². The van der Waals surface area contributed by atoms with Gasteiger partial charge in [0.05, 0.1) is 0 Å². The molecule has 0 aliphatic rings. The summed E-state index contributed by atoms with van der Waals surface area (Å²) in [4.78, 5) is 2.33. The third kappa shape index (κ3) is 4.50. The maximum atomic E-state index is 6.03. The van der Waals surface area contributed by atoms with Crippen LogP contribution in [0.1, 0.15) is 39.7 Å². The molecule has 0 radical (unpaired) electrons. The van der Waals surface area contributed by atoms with E-state index in [1.807, 2.05) is 0 Å². The zero-order chi connectivity index (χ0) is 14.6. The number of hydrogen-bond acceptors (Lipinski definition) is 2. The molecule has 19 heavy (non-hydrogen) atoms. The summed E-state index contributed by atoms with van der Waals surface area (Å²) in [5.41, 5.74) is 8.58. The third-order valence-corrected chi connectivity index (χ3v) is 4.76. The Morgan fingerprint density at radius 2 is 1.89 bits per heavy atom. The molecular weight excluding hydrogens is 300 g/mol. The zero-order valence-corrected chi connectivity index (χ0v) is 14.4. The van der Waals surface area contributed by atoms with E-state index in [9.17, 15) is 0 Å². The minimum atomic E-state index is 0.245. The van der Waals surface area contributed by atoms with Crippen molar-refractivity contribution in [2.75, 3.05) is 11.9 Å². The first-order valence-electron chi connectivity index (χ1n) is 7.13. The summed E-state index contributed by atoms with van der Waals surface area (Å²) in [6.45, 7) is 8.90. The van der Waals surface area contributed by atoms with Crippen LogP contribution in [0, 0.1) is 5.92 Å². The monoisotopic (exact) mass is 326 g/mol. The number of rotatable bonds is 6. The van der Waals surface area contributed by atoms with Gasteiger partial charge in [0.2, 0.25) is 0 Å². The molecule has 0 spiro atoms. The number of hydrogen-bond donors (Lipinski definition) is 1. The first kappa shape index (κ1) is 16.5. The Morgan fingerprint density at radius 1 is 1.26 bits per heavy atom. The van der Waals surface area contributed by atoms with Crippen molar-refractivity contribution in [3.05, 3.63) is 28.2 Å². The lowest BCUT2D eigenvalue weighted by atomic mass is 10.0. The first-order chi connectivity index (χ1) is 8.86. The Kier molecular flexibility index (Phi) is 6.34. The molecule has 2 atom stereocenters. The average molecular weight is 327 g/mol. The Labute approximate surface area is 126 Å². The van der Waals surface area contributed by atoms with Crippen molar-refractivity contribution in [1.82, 2.24) is 0 Å². The van der Waals surface area contributed by atoms with E-state index in [-0.39, 0.29) is 6.04 Å². The van der Waals surface area contributed by atoms with E-state index >= 15 is 0 Å². The van der Waals surface area contributed by atoms with Gasteiger partial charge in [0, 0.05) is 29.3 Å². The van der Waals surface area contributed by atoms with Crippen molar-refractivity contribution < 1.29 is 0 Å². The first-order valence-corrected chi connectivity index (χ1v) is 7.92. The predicted molar refractivity (Wildman–Crippen MR) is 88.8 cm³/mol. The molecule has 1 rings (SSSR count). The Hall–Kier alpha value is -0.540. The standard InChI is InChI=1S/C16H27BrN2/c1-6-14(18)9-13-7-8-15(10-16(13)17)19(5)12(4)11(2)3/h7-8,10-12,14H,6,9,18H2,1-5H3. The normalized spacial score (nSPS) is 14.5. The van der Waals surface area contributed by atoms with Crippen LogP contribution in [0.2, 0.25) is 0 Å². The van der Waals surface area contributed by atoms with Crippen molar-refractivity contribution >= 4 is 21.6 Å². The smallest absolute Gasteiger partial charge is 0.0377 e. The highest BCUT2D eigenvalue weighted by Crippen LogP contribution is 2.27. The van der Waals surface area contributed by atoms with Gasteiger partial charge in [-0.25, -0.2) is 0 Å². The third-order valence-electron chi connectivity index (χ3n) is 4.03. The summed E-state index contributed by atoms with van der Waals surface area (Å²) in [7, 11) is 2.16. The van der Waals surface area contributed by atoms with Crippen molar-refractivity contribution in [2.45, 2.75) is 52.6 Å². The molecule has 0 fully saturated rings. The van der Waals surface area contributed by atoms with Gasteiger partial charge in [-0.15, -0.1) is 0 Å². The van der Waals surface area contributed by atoms with E-state index in [0.29, 0.717) is 12.0 Å². The van der Waals surface area contributed by atoms with Gasteiger partial charge in [-0.05, 0) is 43.4 Å². The van der Waals surface area contributed by atoms with E-state index in [0.717, 1.165) is 17.3 Å². The van der Waals surface area contributed by atoms with Crippen LogP contribution in [0.25, 0.3) is 0 Å². The molecule has 0 aliphatic carbocycles. The van der Waals surface area contributed by atoms with Gasteiger partial charge in [-0.3, -0.25) is 0 Å². The van der Waals surface area contributed by atoms with Crippen LogP contribution < -0.4 is 10.6 Å². The van der Waals surface area contributed by atoms with E-state index in [1.165, 1.54) is 11.3 Å². The second-order valence-corrected chi connectivity index (χ2v) is 6.60. The van der Waals surface area contributed by atoms with Gasteiger partial charge >= 0.3 is 0 Å². The fraction of sp³-hybridized carbons (Fsp3) is 0.625. The SMILES string of the molecule is CCC(N)Cc1ccc(N(C)C(C)C(C)C)cc1Br. The summed E-state index contributed by atoms with van der Waals surface area (Å²) in [5.74, 6) is 0.636. The van der Waals surface area contributed by atoms with E-state index in [4.69, 9.17) is 5.73 Å². The number of nitrogens with zero attached hydrogens (tertiary/aromatic N) is 1. The maximum Gasteiger partial charge on any atom is 0.0377 e. The molecule has 0 aromatic heterocycles. The van der Waals surface area contributed by atoms with Gasteiger partial charge in [0.25, 0.3) is 0 Å². The van der Waals surface area contributed by atoms with Crippen LogP contribution in [0.4, 0.5) is 5.69 Å². The Bertz CT molecular complexity index is 404. The summed E-state index contributed by atoms with van der Waals surface area (Å²) in [5, 5.41) is 0. The van der Waals surface area contributed by atoms with Crippen LogP contribution in [0.15, 0.2) is 22.7 Å². The number of nitrogens with two attached hydrogens (primary N) is 1. The molecule has 1 aromatic carbocycles. The average Bonchev–Trinajstić information content (AvgIpc) is 2.38. The molecular formula is C16H27BrN2. The van der Waals surface area contributed by atoms with Gasteiger partial charge in [-0.1, -0.05) is 42.8 Å².